The number of Topliss-reactive ketones (excluding diaryl/α,β-unsaturated/α-hetero) is 1. The van der Waals surface area contributed by atoms with Crippen LogP contribution in [0.5, 0.6) is 0 Å². The van der Waals surface area contributed by atoms with E-state index in [0.29, 0.717) is 31.9 Å². The molecule has 0 unspecified atom stereocenters. The second kappa shape index (κ2) is 9.94. The van der Waals surface area contributed by atoms with E-state index in [0.717, 1.165) is 24.8 Å². The maximum absolute atomic E-state index is 12.7. The number of rotatable bonds is 8. The molecule has 2 aromatic rings. The molecule has 1 saturated heterocycles. The van der Waals surface area contributed by atoms with Crippen LogP contribution >= 0.6 is 0 Å². The third-order valence-corrected chi connectivity index (χ3v) is 7.93. The first-order chi connectivity index (χ1) is 15.4. The van der Waals surface area contributed by atoms with Gasteiger partial charge in [-0.05, 0) is 54.2 Å². The molecule has 4 rings (SSSR count). The number of amides is 1. The van der Waals surface area contributed by atoms with E-state index in [-0.39, 0.29) is 36.0 Å². The lowest BCUT2D eigenvalue weighted by Gasteiger charge is -2.26. The lowest BCUT2D eigenvalue weighted by Crippen LogP contribution is -2.40. The minimum atomic E-state index is -3.53. The number of benzene rings is 2. The minimum Gasteiger partial charge on any atom is -0.379 e. The molecule has 1 fully saturated rings. The van der Waals surface area contributed by atoms with Crippen molar-refractivity contribution < 1.29 is 22.7 Å². The van der Waals surface area contributed by atoms with Crippen LogP contribution in [0, 0.1) is 0 Å². The number of fused-ring (bicyclic) bond motifs is 1. The second-order valence-electron chi connectivity index (χ2n) is 8.20. The number of nitrogens with one attached hydrogen (secondary N) is 1. The molecular weight excluding hydrogens is 428 g/mol. The quantitative estimate of drug-likeness (QED) is 0.616. The fourth-order valence-electron chi connectivity index (χ4n) is 4.12. The summed E-state index contributed by atoms with van der Waals surface area (Å²) < 4.78 is 32.0. The smallest absolute Gasteiger partial charge is 0.243 e. The molecule has 0 radical (unpaired) electrons. The number of hydrogen-bond donors (Lipinski definition) is 1. The van der Waals surface area contributed by atoms with Crippen molar-refractivity contribution in [2.75, 3.05) is 26.3 Å². The van der Waals surface area contributed by atoms with Crippen molar-refractivity contribution in [3.63, 3.8) is 0 Å². The Kier molecular flexibility index (Phi) is 7.03. The van der Waals surface area contributed by atoms with E-state index in [1.165, 1.54) is 15.4 Å². The van der Waals surface area contributed by atoms with Crippen LogP contribution in [0.3, 0.4) is 0 Å². The van der Waals surface area contributed by atoms with Crippen LogP contribution in [0.15, 0.2) is 47.4 Å². The van der Waals surface area contributed by atoms with E-state index in [4.69, 9.17) is 4.74 Å². The predicted octanol–water partition coefficient (Wildman–Crippen LogP) is 2.48. The Bertz CT molecular complexity index is 1090. The van der Waals surface area contributed by atoms with Gasteiger partial charge in [-0.25, -0.2) is 8.42 Å². The number of hydrogen-bond acceptors (Lipinski definition) is 5. The largest absolute Gasteiger partial charge is 0.379 e. The maximum atomic E-state index is 12.7. The Morgan fingerprint density at radius 2 is 1.66 bits per heavy atom. The summed E-state index contributed by atoms with van der Waals surface area (Å²) in [6.07, 6.45) is 3.52. The molecule has 8 heteroatoms. The van der Waals surface area contributed by atoms with Gasteiger partial charge < -0.3 is 10.1 Å². The van der Waals surface area contributed by atoms with Crippen molar-refractivity contribution in [2.45, 2.75) is 43.5 Å². The SMILES string of the molecule is O=C(CCC(=O)c1ccc2c(c1)CCC2)NCc1ccc(S(=O)(=O)N2CCOCC2)cc1. The zero-order valence-electron chi connectivity index (χ0n) is 18.0. The average Bonchev–Trinajstić information content (AvgIpc) is 3.30. The Labute approximate surface area is 188 Å². The maximum Gasteiger partial charge on any atom is 0.243 e. The highest BCUT2D eigenvalue weighted by Gasteiger charge is 2.26. The van der Waals surface area contributed by atoms with Gasteiger partial charge in [0.05, 0.1) is 18.1 Å². The fourth-order valence-corrected chi connectivity index (χ4v) is 5.53. The van der Waals surface area contributed by atoms with Crippen molar-refractivity contribution in [1.29, 1.82) is 0 Å². The molecule has 0 atom stereocenters. The number of ether oxygens (including phenoxy) is 1. The molecule has 0 bridgehead atoms. The summed E-state index contributed by atoms with van der Waals surface area (Å²) in [6.45, 7) is 1.79. The van der Waals surface area contributed by atoms with Crippen LogP contribution in [0.1, 0.15) is 46.3 Å². The van der Waals surface area contributed by atoms with Gasteiger partial charge in [-0.15, -0.1) is 0 Å². The molecular formula is C24H28N2O5S. The minimum absolute atomic E-state index is 0.0208. The van der Waals surface area contributed by atoms with E-state index in [1.54, 1.807) is 24.3 Å². The van der Waals surface area contributed by atoms with Gasteiger partial charge in [0.25, 0.3) is 0 Å². The van der Waals surface area contributed by atoms with E-state index in [9.17, 15) is 18.0 Å². The third-order valence-electron chi connectivity index (χ3n) is 6.02. The van der Waals surface area contributed by atoms with Crippen LogP contribution < -0.4 is 5.32 Å². The number of carbonyl (C=O) groups is 2. The van der Waals surface area contributed by atoms with Gasteiger partial charge in [-0.2, -0.15) is 4.31 Å². The number of sulfonamides is 1. The highest BCUT2D eigenvalue weighted by Crippen LogP contribution is 2.23. The average molecular weight is 457 g/mol. The van der Waals surface area contributed by atoms with Crippen molar-refractivity contribution >= 4 is 21.7 Å². The number of aryl methyl sites for hydroxylation is 2. The molecule has 0 aromatic heterocycles. The summed E-state index contributed by atoms with van der Waals surface area (Å²) >= 11 is 0. The Morgan fingerprint density at radius 3 is 2.41 bits per heavy atom. The zero-order chi connectivity index (χ0) is 22.6. The zero-order valence-corrected chi connectivity index (χ0v) is 18.8. The summed E-state index contributed by atoms with van der Waals surface area (Å²) in [5.41, 5.74) is 4.04. The molecule has 1 amide bonds. The number of morpholine rings is 1. The van der Waals surface area contributed by atoms with E-state index in [2.05, 4.69) is 5.32 Å². The van der Waals surface area contributed by atoms with Crippen LogP contribution in [0.25, 0.3) is 0 Å². The molecule has 1 aliphatic heterocycles. The number of carbonyl (C=O) groups excluding carboxylic acids is 2. The third kappa shape index (κ3) is 5.26. The monoisotopic (exact) mass is 456 g/mol. The summed E-state index contributed by atoms with van der Waals surface area (Å²) in [7, 11) is -3.53. The highest BCUT2D eigenvalue weighted by molar-refractivity contribution is 7.89. The van der Waals surface area contributed by atoms with Crippen molar-refractivity contribution in [2.24, 2.45) is 0 Å². The normalized spacial score (nSPS) is 16.5. The van der Waals surface area contributed by atoms with E-state index in [1.807, 2.05) is 18.2 Å². The van der Waals surface area contributed by atoms with Gasteiger partial charge in [0.2, 0.25) is 15.9 Å². The molecule has 0 saturated carbocycles. The molecule has 0 spiro atoms. The molecule has 2 aliphatic rings. The first-order valence-electron chi connectivity index (χ1n) is 11.0. The second-order valence-corrected chi connectivity index (χ2v) is 10.1. The van der Waals surface area contributed by atoms with Gasteiger partial charge >= 0.3 is 0 Å². The molecule has 32 heavy (non-hydrogen) atoms. The Morgan fingerprint density at radius 1 is 0.938 bits per heavy atom. The molecule has 1 heterocycles. The standard InChI is InChI=1S/C24H28N2O5S/c27-23(21-7-6-19-2-1-3-20(19)16-21)10-11-24(28)25-17-18-4-8-22(9-5-18)32(29,30)26-12-14-31-15-13-26/h4-9,16H,1-3,10-15,17H2,(H,25,28). The molecule has 1 N–H and O–H groups in total. The van der Waals surface area contributed by atoms with Crippen LogP contribution in [-0.4, -0.2) is 50.7 Å². The molecule has 170 valence electrons. The van der Waals surface area contributed by atoms with Crippen molar-refractivity contribution in [3.05, 3.63) is 64.7 Å². The predicted molar refractivity (Wildman–Crippen MR) is 120 cm³/mol. The Balaban J connectivity index is 1.25. The van der Waals surface area contributed by atoms with Gasteiger partial charge in [0.1, 0.15) is 0 Å². The molecule has 2 aromatic carbocycles. The van der Waals surface area contributed by atoms with Crippen LogP contribution in [-0.2, 0) is 38.9 Å². The lowest BCUT2D eigenvalue weighted by molar-refractivity contribution is -0.121. The van der Waals surface area contributed by atoms with Crippen molar-refractivity contribution in [1.82, 2.24) is 9.62 Å². The summed E-state index contributed by atoms with van der Waals surface area (Å²) in [6, 6.07) is 12.4. The topological polar surface area (TPSA) is 92.8 Å². The van der Waals surface area contributed by atoms with E-state index >= 15 is 0 Å². The van der Waals surface area contributed by atoms with Crippen LogP contribution in [0.2, 0.25) is 0 Å². The number of ketones is 1. The Hall–Kier alpha value is -2.55. The summed E-state index contributed by atoms with van der Waals surface area (Å²) in [5, 5.41) is 2.80. The summed E-state index contributed by atoms with van der Waals surface area (Å²) in [4.78, 5) is 24.9. The molecule has 7 nitrogen and oxygen atoms in total. The van der Waals surface area contributed by atoms with Gasteiger partial charge in [-0.1, -0.05) is 24.3 Å². The first kappa shape index (κ1) is 22.6. The van der Waals surface area contributed by atoms with Crippen LogP contribution in [0.4, 0.5) is 0 Å². The van der Waals surface area contributed by atoms with Gasteiger partial charge in [-0.3, -0.25) is 9.59 Å². The van der Waals surface area contributed by atoms with Crippen molar-refractivity contribution in [3.8, 4) is 0 Å². The fraction of sp³-hybridized carbons (Fsp3) is 0.417. The summed E-state index contributed by atoms with van der Waals surface area (Å²) in [5.74, 6) is -0.225. The van der Waals surface area contributed by atoms with E-state index < -0.39 is 10.0 Å². The lowest BCUT2D eigenvalue weighted by atomic mass is 10.0. The van der Waals surface area contributed by atoms with Gasteiger partial charge in [0, 0.05) is 38.0 Å². The first-order valence-corrected chi connectivity index (χ1v) is 12.5. The highest BCUT2D eigenvalue weighted by atomic mass is 32.2. The number of nitrogens with zero attached hydrogens (tertiary/aromatic N) is 1. The molecule has 1 aliphatic carbocycles. The van der Waals surface area contributed by atoms with Gasteiger partial charge in [0.15, 0.2) is 5.78 Å².